The van der Waals surface area contributed by atoms with E-state index in [4.69, 9.17) is 9.47 Å². The maximum atomic E-state index is 12.5. The maximum absolute atomic E-state index is 12.5. The molecule has 1 aliphatic heterocycles. The average molecular weight is 347 g/mol. The fourth-order valence-corrected chi connectivity index (χ4v) is 4.03. The van der Waals surface area contributed by atoms with Crippen LogP contribution in [0.1, 0.15) is 0 Å². The number of para-hydroxylation sites is 3. The van der Waals surface area contributed by atoms with Gasteiger partial charge in [0.25, 0.3) is 5.91 Å². The van der Waals surface area contributed by atoms with Crippen LogP contribution in [0, 0.1) is 0 Å². The zero-order valence-electron chi connectivity index (χ0n) is 13.1. The summed E-state index contributed by atoms with van der Waals surface area (Å²) in [5.41, 5.74) is 0.400. The van der Waals surface area contributed by atoms with Crippen molar-refractivity contribution in [3.05, 3.63) is 48.5 Å². The molecule has 1 heterocycles. The van der Waals surface area contributed by atoms with Crippen LogP contribution in [0.2, 0.25) is 0 Å². The van der Waals surface area contributed by atoms with Gasteiger partial charge in [-0.05, 0) is 24.3 Å². The molecule has 0 saturated carbocycles. The molecule has 0 radical (unpaired) electrons. The van der Waals surface area contributed by atoms with Crippen LogP contribution >= 0.6 is 0 Å². The lowest BCUT2D eigenvalue weighted by molar-refractivity contribution is -0.120. The number of sulfone groups is 1. The van der Waals surface area contributed by atoms with Crippen molar-refractivity contribution in [3.63, 3.8) is 0 Å². The van der Waals surface area contributed by atoms with E-state index in [2.05, 4.69) is 0 Å². The number of fused-ring (bicyclic) bond motifs is 1. The lowest BCUT2D eigenvalue weighted by Gasteiger charge is -2.29. The van der Waals surface area contributed by atoms with Crippen LogP contribution in [0.15, 0.2) is 53.4 Å². The Bertz CT molecular complexity index is 863. The molecular weight excluding hydrogens is 330 g/mol. The lowest BCUT2D eigenvalue weighted by Crippen LogP contribution is -2.42. The number of ether oxygens (including phenoxy) is 2. The Kier molecular flexibility index (Phi) is 4.44. The van der Waals surface area contributed by atoms with Gasteiger partial charge in [-0.25, -0.2) is 8.42 Å². The molecule has 0 bridgehead atoms. The van der Waals surface area contributed by atoms with Crippen LogP contribution in [0.4, 0.5) is 5.69 Å². The van der Waals surface area contributed by atoms with Crippen molar-refractivity contribution in [2.24, 2.45) is 0 Å². The topological polar surface area (TPSA) is 72.9 Å². The first-order chi connectivity index (χ1) is 11.5. The number of hydrogen-bond acceptors (Lipinski definition) is 5. The van der Waals surface area contributed by atoms with Crippen molar-refractivity contribution >= 4 is 21.4 Å². The van der Waals surface area contributed by atoms with Crippen molar-refractivity contribution < 1.29 is 22.7 Å². The Labute approximate surface area is 140 Å². The number of methoxy groups -OCH3 is 1. The summed E-state index contributed by atoms with van der Waals surface area (Å²) >= 11 is 0. The Morgan fingerprint density at radius 1 is 1.08 bits per heavy atom. The van der Waals surface area contributed by atoms with E-state index in [-0.39, 0.29) is 29.7 Å². The van der Waals surface area contributed by atoms with Crippen LogP contribution in [-0.2, 0) is 14.6 Å². The predicted molar refractivity (Wildman–Crippen MR) is 89.3 cm³/mol. The third-order valence-corrected chi connectivity index (χ3v) is 5.53. The molecule has 0 saturated heterocycles. The SMILES string of the molecule is COc1ccccc1OCC(=O)N1CCS(=O)(=O)c2ccccc21. The molecule has 1 amide bonds. The van der Waals surface area contributed by atoms with E-state index < -0.39 is 9.84 Å². The van der Waals surface area contributed by atoms with Gasteiger partial charge in [-0.2, -0.15) is 0 Å². The minimum Gasteiger partial charge on any atom is -0.493 e. The molecule has 0 fully saturated rings. The highest BCUT2D eigenvalue weighted by Crippen LogP contribution is 2.31. The summed E-state index contributed by atoms with van der Waals surface area (Å²) in [6.07, 6.45) is 0. The van der Waals surface area contributed by atoms with E-state index >= 15 is 0 Å². The van der Waals surface area contributed by atoms with Gasteiger partial charge in [0.1, 0.15) is 0 Å². The summed E-state index contributed by atoms with van der Waals surface area (Å²) in [7, 11) is -1.82. The van der Waals surface area contributed by atoms with Crippen LogP contribution in [0.5, 0.6) is 11.5 Å². The van der Waals surface area contributed by atoms with Crippen molar-refractivity contribution in [1.82, 2.24) is 0 Å². The molecule has 3 rings (SSSR count). The van der Waals surface area contributed by atoms with Gasteiger partial charge in [0.2, 0.25) is 0 Å². The van der Waals surface area contributed by atoms with Crippen LogP contribution in [0.3, 0.4) is 0 Å². The molecule has 6 nitrogen and oxygen atoms in total. The Hall–Kier alpha value is -2.54. The largest absolute Gasteiger partial charge is 0.493 e. The van der Waals surface area contributed by atoms with E-state index in [1.165, 1.54) is 18.1 Å². The van der Waals surface area contributed by atoms with Gasteiger partial charge in [-0.15, -0.1) is 0 Å². The lowest BCUT2D eigenvalue weighted by atomic mass is 10.2. The van der Waals surface area contributed by atoms with Crippen molar-refractivity contribution in [1.29, 1.82) is 0 Å². The molecule has 2 aromatic carbocycles. The second kappa shape index (κ2) is 6.52. The molecule has 0 spiro atoms. The van der Waals surface area contributed by atoms with E-state index in [0.29, 0.717) is 17.2 Å². The van der Waals surface area contributed by atoms with E-state index in [0.717, 1.165) is 0 Å². The summed E-state index contributed by atoms with van der Waals surface area (Å²) in [4.78, 5) is 14.1. The number of benzene rings is 2. The molecule has 24 heavy (non-hydrogen) atoms. The number of carbonyl (C=O) groups is 1. The zero-order chi connectivity index (χ0) is 17.2. The van der Waals surface area contributed by atoms with Gasteiger partial charge in [0, 0.05) is 6.54 Å². The van der Waals surface area contributed by atoms with Gasteiger partial charge in [0.15, 0.2) is 27.9 Å². The Morgan fingerprint density at radius 2 is 1.75 bits per heavy atom. The van der Waals surface area contributed by atoms with Crippen LogP contribution in [0.25, 0.3) is 0 Å². The van der Waals surface area contributed by atoms with Crippen LogP contribution in [-0.4, -0.2) is 40.3 Å². The molecule has 1 aliphatic rings. The highest BCUT2D eigenvalue weighted by atomic mass is 32.2. The fourth-order valence-electron chi connectivity index (χ4n) is 2.60. The number of nitrogens with zero attached hydrogens (tertiary/aromatic N) is 1. The van der Waals surface area contributed by atoms with Crippen molar-refractivity contribution in [2.45, 2.75) is 4.90 Å². The average Bonchev–Trinajstić information content (AvgIpc) is 2.60. The standard InChI is InChI=1S/C17H17NO5S/c1-22-14-7-3-4-8-15(14)23-12-17(19)18-10-11-24(20,21)16-9-5-2-6-13(16)18/h2-9H,10-12H2,1H3. The molecule has 0 aromatic heterocycles. The second-order valence-corrected chi connectivity index (χ2v) is 7.35. The van der Waals surface area contributed by atoms with Gasteiger partial charge < -0.3 is 14.4 Å². The second-order valence-electron chi connectivity index (χ2n) is 5.27. The molecule has 0 aliphatic carbocycles. The molecule has 2 aromatic rings. The fraction of sp³-hybridized carbons (Fsp3) is 0.235. The number of carbonyl (C=O) groups excluding carboxylic acids is 1. The van der Waals surface area contributed by atoms with Gasteiger partial charge in [0.05, 0.1) is 23.4 Å². The third kappa shape index (κ3) is 3.07. The Balaban J connectivity index is 1.79. The number of hydrogen-bond donors (Lipinski definition) is 0. The van der Waals surface area contributed by atoms with E-state index in [9.17, 15) is 13.2 Å². The van der Waals surface area contributed by atoms with Gasteiger partial charge >= 0.3 is 0 Å². The summed E-state index contributed by atoms with van der Waals surface area (Å²) in [6.45, 7) is -0.0811. The number of anilines is 1. The van der Waals surface area contributed by atoms with E-state index in [1.807, 2.05) is 0 Å². The molecule has 0 unspecified atom stereocenters. The summed E-state index contributed by atoms with van der Waals surface area (Å²) < 4.78 is 35.0. The highest BCUT2D eigenvalue weighted by Gasteiger charge is 2.31. The first-order valence-corrected chi connectivity index (χ1v) is 9.06. The van der Waals surface area contributed by atoms with Crippen LogP contribution < -0.4 is 14.4 Å². The van der Waals surface area contributed by atoms with Gasteiger partial charge in [-0.1, -0.05) is 24.3 Å². The van der Waals surface area contributed by atoms with E-state index in [1.54, 1.807) is 42.5 Å². The normalized spacial score (nSPS) is 15.5. The first-order valence-electron chi connectivity index (χ1n) is 7.41. The molecule has 126 valence electrons. The highest BCUT2D eigenvalue weighted by molar-refractivity contribution is 7.91. The zero-order valence-corrected chi connectivity index (χ0v) is 14.0. The Morgan fingerprint density at radius 3 is 2.50 bits per heavy atom. The molecule has 0 N–H and O–H groups in total. The molecular formula is C17H17NO5S. The monoisotopic (exact) mass is 347 g/mol. The van der Waals surface area contributed by atoms with Crippen molar-refractivity contribution in [3.8, 4) is 11.5 Å². The van der Waals surface area contributed by atoms with Gasteiger partial charge in [-0.3, -0.25) is 4.79 Å². The number of amides is 1. The predicted octanol–water partition coefficient (Wildman–Crippen LogP) is 1.89. The summed E-state index contributed by atoms with van der Waals surface area (Å²) in [5.74, 6) is 0.603. The quantitative estimate of drug-likeness (QED) is 0.844. The minimum absolute atomic E-state index is 0.0928. The smallest absolute Gasteiger partial charge is 0.264 e. The number of rotatable bonds is 4. The van der Waals surface area contributed by atoms with Crippen molar-refractivity contribution in [2.75, 3.05) is 30.9 Å². The summed E-state index contributed by atoms with van der Waals surface area (Å²) in [6, 6.07) is 13.5. The third-order valence-electron chi connectivity index (χ3n) is 3.80. The minimum atomic E-state index is -3.34. The summed E-state index contributed by atoms with van der Waals surface area (Å²) in [5, 5.41) is 0. The molecule has 0 atom stereocenters. The first kappa shape index (κ1) is 16.3. The molecule has 7 heteroatoms. The maximum Gasteiger partial charge on any atom is 0.264 e.